The highest BCUT2D eigenvalue weighted by Gasteiger charge is 2.12. The first-order valence-electron chi connectivity index (χ1n) is 7.49. The molecular formula is C18H14N4. The Hall–Kier alpha value is -2.88. The monoisotopic (exact) mass is 286 g/mol. The minimum atomic E-state index is 0.850. The molecule has 0 spiro atoms. The smallest absolute Gasteiger partial charge is 0.138 e. The first-order valence-corrected chi connectivity index (χ1v) is 7.49. The van der Waals surface area contributed by atoms with E-state index in [4.69, 9.17) is 4.98 Å². The van der Waals surface area contributed by atoms with Gasteiger partial charge in [0.1, 0.15) is 11.5 Å². The molecule has 22 heavy (non-hydrogen) atoms. The largest absolute Gasteiger partial charge is 0.368 e. The molecule has 4 nitrogen and oxygen atoms in total. The summed E-state index contributed by atoms with van der Waals surface area (Å²) < 4.78 is 2.22. The lowest BCUT2D eigenvalue weighted by atomic mass is 10.1. The van der Waals surface area contributed by atoms with Crippen molar-refractivity contribution in [3.8, 4) is 0 Å². The van der Waals surface area contributed by atoms with E-state index in [2.05, 4.69) is 69.3 Å². The summed E-state index contributed by atoms with van der Waals surface area (Å²) in [6, 6.07) is 19.0. The zero-order chi connectivity index (χ0) is 14.5. The number of aliphatic imine (C=N–C) groups is 1. The highest BCUT2D eigenvalue weighted by atomic mass is 15.1. The van der Waals surface area contributed by atoms with Gasteiger partial charge in [-0.25, -0.2) is 4.98 Å². The second-order valence-corrected chi connectivity index (χ2v) is 5.56. The van der Waals surface area contributed by atoms with Crippen LogP contribution in [0.15, 0.2) is 59.6 Å². The SMILES string of the molecule is c1ccc2c(c1)ccc1nc3cc(C4=NCCN4)ccc3n12. The van der Waals surface area contributed by atoms with E-state index in [1.807, 2.05) is 0 Å². The van der Waals surface area contributed by atoms with E-state index in [-0.39, 0.29) is 0 Å². The Morgan fingerprint density at radius 3 is 2.82 bits per heavy atom. The predicted octanol–water partition coefficient (Wildman–Crippen LogP) is 2.99. The predicted molar refractivity (Wildman–Crippen MR) is 89.6 cm³/mol. The molecule has 0 saturated carbocycles. The third-order valence-corrected chi connectivity index (χ3v) is 4.22. The van der Waals surface area contributed by atoms with Gasteiger partial charge in [-0.2, -0.15) is 0 Å². The van der Waals surface area contributed by atoms with Gasteiger partial charge in [-0.3, -0.25) is 9.39 Å². The third-order valence-electron chi connectivity index (χ3n) is 4.22. The van der Waals surface area contributed by atoms with E-state index in [9.17, 15) is 0 Å². The highest BCUT2D eigenvalue weighted by Crippen LogP contribution is 2.24. The number of nitrogens with zero attached hydrogens (tertiary/aromatic N) is 3. The maximum Gasteiger partial charge on any atom is 0.138 e. The average molecular weight is 286 g/mol. The topological polar surface area (TPSA) is 41.7 Å². The fourth-order valence-corrected chi connectivity index (χ4v) is 3.20. The van der Waals surface area contributed by atoms with Crippen LogP contribution in [0.4, 0.5) is 0 Å². The molecule has 1 N–H and O–H groups in total. The Kier molecular flexibility index (Phi) is 2.30. The molecule has 4 aromatic rings. The molecule has 0 bridgehead atoms. The van der Waals surface area contributed by atoms with Gasteiger partial charge in [0.2, 0.25) is 0 Å². The molecule has 5 rings (SSSR count). The Morgan fingerprint density at radius 2 is 1.91 bits per heavy atom. The van der Waals surface area contributed by atoms with E-state index < -0.39 is 0 Å². The maximum absolute atomic E-state index is 4.78. The fourth-order valence-electron chi connectivity index (χ4n) is 3.20. The highest BCUT2D eigenvalue weighted by molar-refractivity contribution is 6.02. The van der Waals surface area contributed by atoms with Crippen LogP contribution in [0.3, 0.4) is 0 Å². The Bertz CT molecular complexity index is 1060. The van der Waals surface area contributed by atoms with Crippen LogP contribution in [0, 0.1) is 0 Å². The van der Waals surface area contributed by atoms with Crippen molar-refractivity contribution in [1.82, 2.24) is 14.7 Å². The number of hydrogen-bond donors (Lipinski definition) is 1. The molecule has 0 fully saturated rings. The first-order chi connectivity index (χ1) is 10.9. The molecule has 0 unspecified atom stereocenters. The summed E-state index contributed by atoms with van der Waals surface area (Å²) in [5, 5.41) is 4.54. The molecule has 3 heterocycles. The van der Waals surface area contributed by atoms with Crippen LogP contribution in [0.1, 0.15) is 5.56 Å². The average Bonchev–Trinajstić information content (AvgIpc) is 3.21. The van der Waals surface area contributed by atoms with Gasteiger partial charge in [-0.15, -0.1) is 0 Å². The van der Waals surface area contributed by atoms with Crippen molar-refractivity contribution in [2.24, 2.45) is 4.99 Å². The summed E-state index contributed by atoms with van der Waals surface area (Å²) in [5.41, 5.74) is 5.41. The van der Waals surface area contributed by atoms with Crippen molar-refractivity contribution in [3.63, 3.8) is 0 Å². The minimum absolute atomic E-state index is 0.850. The molecule has 0 atom stereocenters. The van der Waals surface area contributed by atoms with Crippen molar-refractivity contribution in [2.45, 2.75) is 0 Å². The van der Waals surface area contributed by atoms with Crippen LogP contribution >= 0.6 is 0 Å². The summed E-state index contributed by atoms with van der Waals surface area (Å²) in [6.45, 7) is 1.77. The van der Waals surface area contributed by atoms with Gasteiger partial charge >= 0.3 is 0 Å². The van der Waals surface area contributed by atoms with Crippen molar-refractivity contribution in [1.29, 1.82) is 0 Å². The number of para-hydroxylation sites is 1. The van der Waals surface area contributed by atoms with Crippen LogP contribution in [0.25, 0.3) is 27.6 Å². The van der Waals surface area contributed by atoms with Crippen molar-refractivity contribution in [2.75, 3.05) is 13.1 Å². The van der Waals surface area contributed by atoms with Gasteiger partial charge in [0, 0.05) is 12.1 Å². The zero-order valence-corrected chi connectivity index (χ0v) is 12.0. The van der Waals surface area contributed by atoms with E-state index in [0.29, 0.717) is 0 Å². The Balaban J connectivity index is 1.85. The van der Waals surface area contributed by atoms with Gasteiger partial charge in [-0.1, -0.05) is 18.2 Å². The number of fused-ring (bicyclic) bond motifs is 5. The first kappa shape index (κ1) is 11.7. The molecule has 0 saturated heterocycles. The standard InChI is InChI=1S/C18H14N4/c1-2-4-15-12(3-1)6-8-17-21-14-11-13(18-19-9-10-20-18)5-7-16(14)22(15)17/h1-8,11H,9-10H2,(H,19,20). The number of rotatable bonds is 1. The van der Waals surface area contributed by atoms with E-state index in [0.717, 1.165) is 41.2 Å². The summed E-state index contributed by atoms with van der Waals surface area (Å²) in [6.07, 6.45) is 0. The van der Waals surface area contributed by atoms with Gasteiger partial charge in [-0.05, 0) is 41.8 Å². The number of pyridine rings is 1. The molecule has 0 aliphatic carbocycles. The van der Waals surface area contributed by atoms with Crippen LogP contribution in [-0.4, -0.2) is 28.3 Å². The van der Waals surface area contributed by atoms with Crippen LogP contribution < -0.4 is 5.32 Å². The quantitative estimate of drug-likeness (QED) is 0.584. The number of nitrogens with one attached hydrogen (secondary N) is 1. The van der Waals surface area contributed by atoms with E-state index >= 15 is 0 Å². The molecular weight excluding hydrogens is 272 g/mol. The van der Waals surface area contributed by atoms with Crippen LogP contribution in [0.5, 0.6) is 0 Å². The van der Waals surface area contributed by atoms with Crippen LogP contribution in [0.2, 0.25) is 0 Å². The molecule has 1 aliphatic rings. The summed E-state index contributed by atoms with van der Waals surface area (Å²) in [7, 11) is 0. The summed E-state index contributed by atoms with van der Waals surface area (Å²) >= 11 is 0. The molecule has 1 aliphatic heterocycles. The van der Waals surface area contributed by atoms with Gasteiger partial charge in [0.25, 0.3) is 0 Å². The lowest BCUT2D eigenvalue weighted by Crippen LogP contribution is -2.19. The number of hydrogen-bond acceptors (Lipinski definition) is 3. The second kappa shape index (κ2) is 4.31. The molecule has 106 valence electrons. The normalized spacial score (nSPS) is 14.6. The van der Waals surface area contributed by atoms with Crippen LogP contribution in [-0.2, 0) is 0 Å². The zero-order valence-electron chi connectivity index (χ0n) is 12.0. The Morgan fingerprint density at radius 1 is 0.955 bits per heavy atom. The minimum Gasteiger partial charge on any atom is -0.368 e. The van der Waals surface area contributed by atoms with Gasteiger partial charge in [0.15, 0.2) is 0 Å². The van der Waals surface area contributed by atoms with E-state index in [1.54, 1.807) is 0 Å². The molecule has 4 heteroatoms. The lowest BCUT2D eigenvalue weighted by molar-refractivity contribution is 0.960. The van der Waals surface area contributed by atoms with Crippen molar-refractivity contribution < 1.29 is 0 Å². The van der Waals surface area contributed by atoms with Crippen molar-refractivity contribution >= 4 is 33.4 Å². The second-order valence-electron chi connectivity index (χ2n) is 5.56. The summed E-state index contributed by atoms with van der Waals surface area (Å²) in [5.74, 6) is 0.976. The molecule has 0 amide bonds. The number of amidine groups is 1. The number of imidazole rings is 1. The Labute approximate surface area is 127 Å². The fraction of sp³-hybridized carbons (Fsp3) is 0.111. The third kappa shape index (κ3) is 1.58. The maximum atomic E-state index is 4.78. The number of benzene rings is 2. The van der Waals surface area contributed by atoms with Gasteiger partial charge in [0.05, 0.1) is 23.1 Å². The summed E-state index contributed by atoms with van der Waals surface area (Å²) in [4.78, 5) is 9.27. The lowest BCUT2D eigenvalue weighted by Gasteiger charge is -2.04. The van der Waals surface area contributed by atoms with Crippen molar-refractivity contribution in [3.05, 3.63) is 60.2 Å². The number of aromatic nitrogens is 2. The molecule has 0 radical (unpaired) electrons. The molecule has 2 aromatic heterocycles. The van der Waals surface area contributed by atoms with Gasteiger partial charge < -0.3 is 5.32 Å². The molecule has 2 aromatic carbocycles. The van der Waals surface area contributed by atoms with E-state index in [1.165, 1.54) is 10.9 Å².